The molecule has 3 N–H and O–H groups in total. The molecule has 1 aromatic rings. The van der Waals surface area contributed by atoms with E-state index >= 15 is 0 Å². The molecule has 0 aliphatic rings. The van der Waals surface area contributed by atoms with Crippen molar-refractivity contribution < 1.29 is 4.79 Å². The maximum atomic E-state index is 11.4. The van der Waals surface area contributed by atoms with E-state index in [4.69, 9.17) is 5.73 Å². The molecular weight excluding hydrogens is 176 g/mol. The van der Waals surface area contributed by atoms with Gasteiger partial charge in [0.05, 0.1) is 5.41 Å². The monoisotopic (exact) mass is 194 g/mol. The van der Waals surface area contributed by atoms with E-state index in [0.717, 1.165) is 18.5 Å². The van der Waals surface area contributed by atoms with Crippen molar-refractivity contribution in [1.82, 2.24) is 4.98 Å². The number of rotatable bonds is 5. The highest BCUT2D eigenvalue weighted by atomic mass is 16.1. The fraction of sp³-hybridized carbons (Fsp3) is 0.545. The maximum absolute atomic E-state index is 11.4. The molecule has 0 aliphatic carbocycles. The van der Waals surface area contributed by atoms with Gasteiger partial charge in [0.2, 0.25) is 5.91 Å². The Balaban J connectivity index is 2.83. The second kappa shape index (κ2) is 4.31. The summed E-state index contributed by atoms with van der Waals surface area (Å²) < 4.78 is 0. The van der Waals surface area contributed by atoms with Crippen molar-refractivity contribution >= 4 is 5.91 Å². The van der Waals surface area contributed by atoms with Gasteiger partial charge in [0, 0.05) is 18.3 Å². The number of amides is 1. The van der Waals surface area contributed by atoms with Crippen LogP contribution in [0.4, 0.5) is 0 Å². The zero-order valence-corrected chi connectivity index (χ0v) is 8.84. The lowest BCUT2D eigenvalue weighted by Gasteiger charge is -2.27. The fourth-order valence-electron chi connectivity index (χ4n) is 1.78. The van der Waals surface area contributed by atoms with E-state index in [9.17, 15) is 4.79 Å². The first kappa shape index (κ1) is 10.8. The number of nitrogens with two attached hydrogens (primary N) is 1. The number of carbonyl (C=O) groups is 1. The topological polar surface area (TPSA) is 58.9 Å². The molecule has 0 aliphatic heterocycles. The van der Waals surface area contributed by atoms with Gasteiger partial charge < -0.3 is 10.7 Å². The molecule has 3 nitrogen and oxygen atoms in total. The smallest absolute Gasteiger partial charge is 0.224 e. The second-order valence-electron chi connectivity index (χ2n) is 3.72. The SMILES string of the molecule is CCC(CC)(Cc1ccc[nH]1)C(N)=O. The number of hydrogen-bond acceptors (Lipinski definition) is 1. The van der Waals surface area contributed by atoms with Crippen LogP contribution in [0.15, 0.2) is 18.3 Å². The van der Waals surface area contributed by atoms with Gasteiger partial charge in [-0.2, -0.15) is 0 Å². The summed E-state index contributed by atoms with van der Waals surface area (Å²) in [7, 11) is 0. The van der Waals surface area contributed by atoms with Crippen LogP contribution in [0.5, 0.6) is 0 Å². The molecule has 0 saturated carbocycles. The van der Waals surface area contributed by atoms with E-state index in [2.05, 4.69) is 4.98 Å². The number of carbonyl (C=O) groups excluding carboxylic acids is 1. The zero-order chi connectivity index (χ0) is 10.6. The normalized spacial score (nSPS) is 11.6. The Morgan fingerprint density at radius 3 is 2.50 bits per heavy atom. The summed E-state index contributed by atoms with van der Waals surface area (Å²) in [6, 6.07) is 3.93. The average Bonchev–Trinajstić information content (AvgIpc) is 2.66. The molecule has 1 amide bonds. The first-order valence-electron chi connectivity index (χ1n) is 5.07. The third-order valence-electron chi connectivity index (χ3n) is 3.07. The van der Waals surface area contributed by atoms with Crippen molar-refractivity contribution in [3.8, 4) is 0 Å². The minimum Gasteiger partial charge on any atom is -0.369 e. The summed E-state index contributed by atoms with van der Waals surface area (Å²) in [4.78, 5) is 14.5. The molecule has 3 heteroatoms. The largest absolute Gasteiger partial charge is 0.369 e. The molecule has 1 heterocycles. The summed E-state index contributed by atoms with van der Waals surface area (Å²) in [6.45, 7) is 4.02. The van der Waals surface area contributed by atoms with E-state index in [0.29, 0.717) is 6.42 Å². The second-order valence-corrected chi connectivity index (χ2v) is 3.72. The van der Waals surface area contributed by atoms with Gasteiger partial charge >= 0.3 is 0 Å². The number of aromatic amines is 1. The van der Waals surface area contributed by atoms with Gasteiger partial charge in [-0.25, -0.2) is 0 Å². The van der Waals surface area contributed by atoms with Gasteiger partial charge in [0.25, 0.3) is 0 Å². The summed E-state index contributed by atoms with van der Waals surface area (Å²) in [6.07, 6.45) is 4.16. The Morgan fingerprint density at radius 1 is 1.50 bits per heavy atom. The van der Waals surface area contributed by atoms with Crippen molar-refractivity contribution in [2.24, 2.45) is 11.1 Å². The highest BCUT2D eigenvalue weighted by Gasteiger charge is 2.33. The Hall–Kier alpha value is -1.25. The van der Waals surface area contributed by atoms with Crippen LogP contribution in [-0.4, -0.2) is 10.9 Å². The van der Waals surface area contributed by atoms with E-state index in [-0.39, 0.29) is 11.3 Å². The number of H-pyrrole nitrogens is 1. The van der Waals surface area contributed by atoms with Crippen LogP contribution in [-0.2, 0) is 11.2 Å². The number of hydrogen-bond donors (Lipinski definition) is 2. The van der Waals surface area contributed by atoms with Crippen LogP contribution in [0.1, 0.15) is 32.4 Å². The molecule has 0 spiro atoms. The van der Waals surface area contributed by atoms with Crippen molar-refractivity contribution in [1.29, 1.82) is 0 Å². The van der Waals surface area contributed by atoms with Gasteiger partial charge in [-0.05, 0) is 25.0 Å². The highest BCUT2D eigenvalue weighted by molar-refractivity contribution is 5.81. The lowest BCUT2D eigenvalue weighted by molar-refractivity contribution is -0.128. The van der Waals surface area contributed by atoms with Crippen LogP contribution in [0.25, 0.3) is 0 Å². The third kappa shape index (κ3) is 1.97. The van der Waals surface area contributed by atoms with Crippen LogP contribution >= 0.6 is 0 Å². The van der Waals surface area contributed by atoms with Crippen molar-refractivity contribution in [2.45, 2.75) is 33.1 Å². The summed E-state index contributed by atoms with van der Waals surface area (Å²) in [5.41, 5.74) is 6.15. The summed E-state index contributed by atoms with van der Waals surface area (Å²) >= 11 is 0. The number of primary amides is 1. The van der Waals surface area contributed by atoms with E-state index in [1.54, 1.807) is 0 Å². The van der Waals surface area contributed by atoms with E-state index in [1.165, 1.54) is 0 Å². The quantitative estimate of drug-likeness (QED) is 0.738. The Bertz CT molecular complexity index is 286. The lowest BCUT2D eigenvalue weighted by Crippen LogP contribution is -2.38. The van der Waals surface area contributed by atoms with E-state index < -0.39 is 0 Å². The number of nitrogens with one attached hydrogen (secondary N) is 1. The molecule has 1 aromatic heterocycles. The molecule has 0 aromatic carbocycles. The predicted octanol–water partition coefficient (Wildman–Crippen LogP) is 1.85. The van der Waals surface area contributed by atoms with Gasteiger partial charge in [-0.1, -0.05) is 13.8 Å². The fourth-order valence-corrected chi connectivity index (χ4v) is 1.78. The summed E-state index contributed by atoms with van der Waals surface area (Å²) in [5, 5.41) is 0. The molecule has 14 heavy (non-hydrogen) atoms. The molecule has 0 bridgehead atoms. The van der Waals surface area contributed by atoms with Gasteiger partial charge in [0.1, 0.15) is 0 Å². The Labute approximate surface area is 84.7 Å². The molecule has 78 valence electrons. The first-order valence-corrected chi connectivity index (χ1v) is 5.07. The van der Waals surface area contributed by atoms with Crippen molar-refractivity contribution in [2.75, 3.05) is 0 Å². The van der Waals surface area contributed by atoms with Crippen LogP contribution in [0.2, 0.25) is 0 Å². The molecular formula is C11H18N2O. The minimum atomic E-state index is -0.384. The van der Waals surface area contributed by atoms with Crippen molar-refractivity contribution in [3.63, 3.8) is 0 Å². The van der Waals surface area contributed by atoms with E-state index in [1.807, 2.05) is 32.2 Å². The van der Waals surface area contributed by atoms with Gasteiger partial charge in [0.15, 0.2) is 0 Å². The Kier molecular flexibility index (Phi) is 3.33. The third-order valence-corrected chi connectivity index (χ3v) is 3.07. The van der Waals surface area contributed by atoms with Crippen LogP contribution < -0.4 is 5.73 Å². The molecule has 0 saturated heterocycles. The van der Waals surface area contributed by atoms with Gasteiger partial charge in [-0.3, -0.25) is 4.79 Å². The molecule has 0 fully saturated rings. The molecule has 0 radical (unpaired) electrons. The molecule has 1 rings (SSSR count). The van der Waals surface area contributed by atoms with Crippen LogP contribution in [0, 0.1) is 5.41 Å². The average molecular weight is 194 g/mol. The van der Waals surface area contributed by atoms with Crippen molar-refractivity contribution in [3.05, 3.63) is 24.0 Å². The Morgan fingerprint density at radius 2 is 2.14 bits per heavy atom. The highest BCUT2D eigenvalue weighted by Crippen LogP contribution is 2.29. The minimum absolute atomic E-state index is 0.197. The predicted molar refractivity (Wildman–Crippen MR) is 56.7 cm³/mol. The lowest BCUT2D eigenvalue weighted by atomic mass is 9.77. The molecule has 0 atom stereocenters. The molecule has 0 unspecified atom stereocenters. The van der Waals surface area contributed by atoms with Gasteiger partial charge in [-0.15, -0.1) is 0 Å². The maximum Gasteiger partial charge on any atom is 0.224 e. The number of aromatic nitrogens is 1. The standard InChI is InChI=1S/C11H18N2O/c1-3-11(4-2,10(12)14)8-9-6-5-7-13-9/h5-7,13H,3-4,8H2,1-2H3,(H2,12,14). The summed E-state index contributed by atoms with van der Waals surface area (Å²) in [5.74, 6) is -0.197. The zero-order valence-electron chi connectivity index (χ0n) is 8.84. The van der Waals surface area contributed by atoms with Crippen LogP contribution in [0.3, 0.4) is 0 Å². The first-order chi connectivity index (χ1) is 6.64.